The number of fused-ring (bicyclic) bond motifs is 1. The summed E-state index contributed by atoms with van der Waals surface area (Å²) >= 11 is 5.18. The molecule has 96 valence electrons. The van der Waals surface area contributed by atoms with Crippen LogP contribution in [-0.2, 0) is 6.54 Å². The maximum atomic E-state index is 6.04. The van der Waals surface area contributed by atoms with Crippen LogP contribution in [0.1, 0.15) is 5.56 Å². The third-order valence-electron chi connectivity index (χ3n) is 2.91. The fraction of sp³-hybridized carbons (Fsp3) is 0.0714. The van der Waals surface area contributed by atoms with E-state index in [4.69, 9.17) is 5.73 Å². The average Bonchev–Trinajstić information content (AvgIpc) is 2.91. The van der Waals surface area contributed by atoms with Crippen molar-refractivity contribution in [3.63, 3.8) is 0 Å². The van der Waals surface area contributed by atoms with Crippen molar-refractivity contribution in [1.29, 1.82) is 0 Å². The number of benzene rings is 1. The normalized spacial score (nSPS) is 10.8. The minimum atomic E-state index is 0.667. The lowest BCUT2D eigenvalue weighted by atomic mass is 10.1. The SMILES string of the molecule is Nc1cnc2ccc(Br)cc2c1NCc1ccsc1. The van der Waals surface area contributed by atoms with E-state index in [0.717, 1.165) is 27.6 Å². The molecule has 19 heavy (non-hydrogen) atoms. The first-order valence-electron chi connectivity index (χ1n) is 5.83. The van der Waals surface area contributed by atoms with Gasteiger partial charge in [0.05, 0.1) is 23.1 Å². The zero-order valence-electron chi connectivity index (χ0n) is 10.1. The number of hydrogen-bond donors (Lipinski definition) is 2. The summed E-state index contributed by atoms with van der Waals surface area (Å²) in [6.45, 7) is 0.763. The van der Waals surface area contributed by atoms with Crippen molar-refractivity contribution < 1.29 is 0 Å². The van der Waals surface area contributed by atoms with Crippen molar-refractivity contribution in [2.75, 3.05) is 11.1 Å². The summed E-state index contributed by atoms with van der Waals surface area (Å²) in [5.41, 5.74) is 9.84. The fourth-order valence-electron chi connectivity index (χ4n) is 1.96. The van der Waals surface area contributed by atoms with Crippen LogP contribution in [-0.4, -0.2) is 4.98 Å². The molecular formula is C14H12BrN3S. The quantitative estimate of drug-likeness (QED) is 0.753. The van der Waals surface area contributed by atoms with Gasteiger partial charge in [-0.1, -0.05) is 15.9 Å². The Labute approximate surface area is 123 Å². The molecule has 0 unspecified atom stereocenters. The molecule has 3 nitrogen and oxygen atoms in total. The summed E-state index contributed by atoms with van der Waals surface area (Å²) in [4.78, 5) is 4.34. The monoisotopic (exact) mass is 333 g/mol. The lowest BCUT2D eigenvalue weighted by molar-refractivity contribution is 1.17. The molecule has 0 atom stereocenters. The van der Waals surface area contributed by atoms with Gasteiger partial charge in [-0.2, -0.15) is 11.3 Å². The molecular weight excluding hydrogens is 322 g/mol. The first-order valence-corrected chi connectivity index (χ1v) is 7.56. The Balaban J connectivity index is 2.01. The van der Waals surface area contributed by atoms with E-state index in [2.05, 4.69) is 43.1 Å². The highest BCUT2D eigenvalue weighted by Crippen LogP contribution is 2.30. The van der Waals surface area contributed by atoms with Crippen LogP contribution in [0.5, 0.6) is 0 Å². The first-order chi connectivity index (χ1) is 9.24. The van der Waals surface area contributed by atoms with Crippen LogP contribution in [0.25, 0.3) is 10.9 Å². The topological polar surface area (TPSA) is 50.9 Å². The molecule has 0 spiro atoms. The Bertz CT molecular complexity index is 705. The number of halogens is 1. The molecule has 0 fully saturated rings. The van der Waals surface area contributed by atoms with Crippen molar-refractivity contribution in [3.8, 4) is 0 Å². The van der Waals surface area contributed by atoms with Crippen LogP contribution in [0, 0.1) is 0 Å². The number of nitrogens with zero attached hydrogens (tertiary/aromatic N) is 1. The van der Waals surface area contributed by atoms with Crippen LogP contribution in [0.15, 0.2) is 45.7 Å². The fourth-order valence-corrected chi connectivity index (χ4v) is 2.99. The summed E-state index contributed by atoms with van der Waals surface area (Å²) in [6, 6.07) is 8.10. The second kappa shape index (κ2) is 5.19. The summed E-state index contributed by atoms with van der Waals surface area (Å²) < 4.78 is 1.02. The first kappa shape index (κ1) is 12.4. The van der Waals surface area contributed by atoms with E-state index in [1.54, 1.807) is 17.5 Å². The van der Waals surface area contributed by atoms with Crippen molar-refractivity contribution in [2.24, 2.45) is 0 Å². The Kier molecular flexibility index (Phi) is 3.40. The van der Waals surface area contributed by atoms with E-state index in [-0.39, 0.29) is 0 Å². The van der Waals surface area contributed by atoms with Gasteiger partial charge in [0.25, 0.3) is 0 Å². The lowest BCUT2D eigenvalue weighted by Crippen LogP contribution is -2.03. The van der Waals surface area contributed by atoms with Crippen LogP contribution in [0.2, 0.25) is 0 Å². The van der Waals surface area contributed by atoms with E-state index in [9.17, 15) is 0 Å². The predicted molar refractivity (Wildman–Crippen MR) is 85.5 cm³/mol. The van der Waals surface area contributed by atoms with Crippen LogP contribution >= 0.6 is 27.3 Å². The van der Waals surface area contributed by atoms with Gasteiger partial charge in [0.1, 0.15) is 0 Å². The van der Waals surface area contributed by atoms with E-state index >= 15 is 0 Å². The number of nitrogen functional groups attached to an aromatic ring is 1. The molecule has 0 amide bonds. The summed E-state index contributed by atoms with van der Waals surface area (Å²) in [5, 5.41) is 8.64. The molecule has 0 bridgehead atoms. The largest absolute Gasteiger partial charge is 0.396 e. The number of rotatable bonds is 3. The molecule has 0 saturated heterocycles. The number of pyridine rings is 1. The molecule has 2 heterocycles. The van der Waals surface area contributed by atoms with Gasteiger partial charge in [-0.05, 0) is 40.6 Å². The molecule has 0 radical (unpaired) electrons. The van der Waals surface area contributed by atoms with E-state index < -0.39 is 0 Å². The van der Waals surface area contributed by atoms with Crippen LogP contribution < -0.4 is 11.1 Å². The number of anilines is 2. The van der Waals surface area contributed by atoms with Gasteiger partial charge in [-0.15, -0.1) is 0 Å². The van der Waals surface area contributed by atoms with Gasteiger partial charge in [0.15, 0.2) is 0 Å². The number of thiophene rings is 1. The summed E-state index contributed by atoms with van der Waals surface area (Å²) in [7, 11) is 0. The van der Waals surface area contributed by atoms with Gasteiger partial charge in [-0.3, -0.25) is 4.98 Å². The standard InChI is InChI=1S/C14H12BrN3S/c15-10-1-2-13-11(5-10)14(12(16)7-17-13)18-6-9-3-4-19-8-9/h1-5,7-8H,6,16H2,(H,17,18). The van der Waals surface area contributed by atoms with Gasteiger partial charge < -0.3 is 11.1 Å². The Hall–Kier alpha value is -1.59. The van der Waals surface area contributed by atoms with E-state index in [1.165, 1.54) is 5.56 Å². The average molecular weight is 334 g/mol. The van der Waals surface area contributed by atoms with Crippen molar-refractivity contribution in [1.82, 2.24) is 4.98 Å². The summed E-state index contributed by atoms with van der Waals surface area (Å²) in [6.07, 6.45) is 1.70. The highest BCUT2D eigenvalue weighted by atomic mass is 79.9. The molecule has 0 saturated carbocycles. The highest BCUT2D eigenvalue weighted by Gasteiger charge is 2.07. The minimum absolute atomic E-state index is 0.667. The van der Waals surface area contributed by atoms with Crippen molar-refractivity contribution >= 4 is 49.5 Å². The van der Waals surface area contributed by atoms with Gasteiger partial charge in [-0.25, -0.2) is 0 Å². The number of hydrogen-bond acceptors (Lipinski definition) is 4. The van der Waals surface area contributed by atoms with Crippen LogP contribution in [0.3, 0.4) is 0 Å². The molecule has 0 aliphatic heterocycles. The van der Waals surface area contributed by atoms with Crippen LogP contribution in [0.4, 0.5) is 11.4 Å². The molecule has 3 rings (SSSR count). The van der Waals surface area contributed by atoms with Crippen molar-refractivity contribution in [3.05, 3.63) is 51.3 Å². The third-order valence-corrected chi connectivity index (χ3v) is 4.13. The molecule has 0 aliphatic rings. The summed E-state index contributed by atoms with van der Waals surface area (Å²) in [5.74, 6) is 0. The van der Waals surface area contributed by atoms with Crippen molar-refractivity contribution in [2.45, 2.75) is 6.54 Å². The third kappa shape index (κ3) is 2.57. The Morgan fingerprint density at radius 2 is 2.21 bits per heavy atom. The van der Waals surface area contributed by atoms with Gasteiger partial charge >= 0.3 is 0 Å². The zero-order valence-corrected chi connectivity index (χ0v) is 12.5. The second-order valence-corrected chi connectivity index (χ2v) is 5.93. The number of aromatic nitrogens is 1. The second-order valence-electron chi connectivity index (χ2n) is 4.24. The Morgan fingerprint density at radius 1 is 1.32 bits per heavy atom. The van der Waals surface area contributed by atoms with E-state index in [0.29, 0.717) is 5.69 Å². The zero-order chi connectivity index (χ0) is 13.2. The molecule has 0 aliphatic carbocycles. The minimum Gasteiger partial charge on any atom is -0.396 e. The predicted octanol–water partition coefficient (Wildman–Crippen LogP) is 4.25. The highest BCUT2D eigenvalue weighted by molar-refractivity contribution is 9.10. The lowest BCUT2D eigenvalue weighted by Gasteiger charge is -2.12. The Morgan fingerprint density at radius 3 is 3.00 bits per heavy atom. The van der Waals surface area contributed by atoms with Gasteiger partial charge in [0, 0.05) is 16.4 Å². The number of nitrogens with one attached hydrogen (secondary N) is 1. The van der Waals surface area contributed by atoms with Gasteiger partial charge in [0.2, 0.25) is 0 Å². The molecule has 1 aromatic carbocycles. The van der Waals surface area contributed by atoms with E-state index in [1.807, 2.05) is 18.2 Å². The molecule has 2 aromatic heterocycles. The molecule has 5 heteroatoms. The maximum Gasteiger partial charge on any atom is 0.0743 e. The maximum absolute atomic E-state index is 6.04. The molecule has 3 aromatic rings. The molecule has 3 N–H and O–H groups in total. The number of nitrogens with two attached hydrogens (primary N) is 1. The smallest absolute Gasteiger partial charge is 0.0743 e.